The van der Waals surface area contributed by atoms with Crippen molar-refractivity contribution in [2.45, 2.75) is 30.8 Å². The molecule has 0 radical (unpaired) electrons. The third-order valence-corrected chi connectivity index (χ3v) is 6.00. The van der Waals surface area contributed by atoms with Crippen molar-refractivity contribution < 1.29 is 9.53 Å². The van der Waals surface area contributed by atoms with Crippen molar-refractivity contribution in [2.24, 2.45) is 0 Å². The van der Waals surface area contributed by atoms with E-state index in [-0.39, 0.29) is 11.2 Å². The van der Waals surface area contributed by atoms with E-state index < -0.39 is 0 Å². The van der Waals surface area contributed by atoms with Crippen LogP contribution >= 0.6 is 11.8 Å². The number of carbonyl (C=O) groups is 1. The summed E-state index contributed by atoms with van der Waals surface area (Å²) in [7, 11) is 1.67. The largest absolute Gasteiger partial charge is 0.383 e. The summed E-state index contributed by atoms with van der Waals surface area (Å²) in [6, 6.07) is 3.81. The summed E-state index contributed by atoms with van der Waals surface area (Å²) in [5.74, 6) is 0.922. The van der Waals surface area contributed by atoms with E-state index in [0.717, 1.165) is 49.3 Å². The highest BCUT2D eigenvalue weighted by Crippen LogP contribution is 2.27. The van der Waals surface area contributed by atoms with Crippen LogP contribution in [-0.2, 0) is 16.1 Å². The van der Waals surface area contributed by atoms with Crippen LogP contribution < -0.4 is 0 Å². The molecule has 1 atom stereocenters. The zero-order valence-electron chi connectivity index (χ0n) is 16.7. The van der Waals surface area contributed by atoms with Crippen LogP contribution in [0, 0.1) is 0 Å². The van der Waals surface area contributed by atoms with Gasteiger partial charge in [-0.3, -0.25) is 14.3 Å². The first-order chi connectivity index (χ1) is 13.6. The van der Waals surface area contributed by atoms with E-state index in [1.807, 2.05) is 28.5 Å². The number of thioether (sulfide) groups is 1. The van der Waals surface area contributed by atoms with Gasteiger partial charge in [-0.1, -0.05) is 18.7 Å². The second-order valence-corrected chi connectivity index (χ2v) is 8.01. The van der Waals surface area contributed by atoms with Gasteiger partial charge >= 0.3 is 0 Å². The van der Waals surface area contributed by atoms with Gasteiger partial charge in [0.1, 0.15) is 0 Å². The lowest BCUT2D eigenvalue weighted by Crippen LogP contribution is -2.50. The predicted octanol–water partition coefficient (Wildman–Crippen LogP) is 1.63. The van der Waals surface area contributed by atoms with Gasteiger partial charge < -0.3 is 14.5 Å². The lowest BCUT2D eigenvalue weighted by Gasteiger charge is -2.35. The van der Waals surface area contributed by atoms with Gasteiger partial charge in [-0.2, -0.15) is 0 Å². The van der Waals surface area contributed by atoms with E-state index in [2.05, 4.69) is 27.0 Å². The number of piperazine rings is 1. The van der Waals surface area contributed by atoms with Crippen molar-refractivity contribution >= 4 is 17.7 Å². The van der Waals surface area contributed by atoms with Crippen molar-refractivity contribution in [3.05, 3.63) is 24.5 Å². The second kappa shape index (κ2) is 9.99. The molecule has 0 bridgehead atoms. The molecule has 1 fully saturated rings. The van der Waals surface area contributed by atoms with Crippen LogP contribution in [0.2, 0.25) is 0 Å². The van der Waals surface area contributed by atoms with Crippen LogP contribution in [0.3, 0.4) is 0 Å². The minimum atomic E-state index is -0.219. The van der Waals surface area contributed by atoms with Crippen LogP contribution in [0.15, 0.2) is 29.7 Å². The molecule has 1 aliphatic rings. The molecule has 0 aromatic carbocycles. The lowest BCUT2D eigenvalue weighted by molar-refractivity contribution is -0.132. The van der Waals surface area contributed by atoms with E-state index in [1.165, 1.54) is 11.8 Å². The fourth-order valence-corrected chi connectivity index (χ4v) is 4.18. The molecule has 1 saturated heterocycles. The predicted molar refractivity (Wildman–Crippen MR) is 109 cm³/mol. The molecule has 28 heavy (non-hydrogen) atoms. The van der Waals surface area contributed by atoms with Crippen molar-refractivity contribution in [1.82, 2.24) is 29.5 Å². The number of rotatable bonds is 8. The average Bonchev–Trinajstić information content (AvgIpc) is 3.14. The first-order valence-electron chi connectivity index (χ1n) is 9.64. The number of aromatic nitrogens is 4. The Hall–Kier alpha value is -1.97. The maximum Gasteiger partial charge on any atom is 0.235 e. The van der Waals surface area contributed by atoms with Gasteiger partial charge in [0.2, 0.25) is 5.91 Å². The molecule has 3 heterocycles. The molecule has 8 nitrogen and oxygen atoms in total. The molecule has 0 saturated carbocycles. The van der Waals surface area contributed by atoms with Gasteiger partial charge in [-0.25, -0.2) is 0 Å². The Balaban J connectivity index is 1.72. The summed E-state index contributed by atoms with van der Waals surface area (Å²) >= 11 is 1.46. The topological polar surface area (TPSA) is 76.4 Å². The molecule has 2 aromatic heterocycles. The van der Waals surface area contributed by atoms with E-state index in [1.54, 1.807) is 19.5 Å². The standard InChI is InChI=1S/C19H28N6O2S/c1-4-23-9-11-24(12-10-23)18(26)15(2)28-19-22-21-17(25(19)13-14-27-3)16-5-7-20-8-6-16/h5-8,15H,4,9-14H2,1-3H3. The second-order valence-electron chi connectivity index (χ2n) is 6.71. The number of carbonyl (C=O) groups excluding carboxylic acids is 1. The number of hydrogen-bond donors (Lipinski definition) is 0. The van der Waals surface area contributed by atoms with E-state index in [9.17, 15) is 4.79 Å². The molecule has 3 rings (SSSR count). The molecular weight excluding hydrogens is 376 g/mol. The van der Waals surface area contributed by atoms with Gasteiger partial charge in [-0.05, 0) is 25.6 Å². The minimum absolute atomic E-state index is 0.160. The monoisotopic (exact) mass is 404 g/mol. The summed E-state index contributed by atoms with van der Waals surface area (Å²) < 4.78 is 7.27. The molecule has 0 aliphatic carbocycles. The molecule has 0 N–H and O–H groups in total. The molecular formula is C19H28N6O2S. The van der Waals surface area contributed by atoms with Crippen molar-refractivity contribution in [1.29, 1.82) is 0 Å². The Morgan fingerprint density at radius 3 is 2.57 bits per heavy atom. The Kier molecular flexibility index (Phi) is 7.41. The molecule has 152 valence electrons. The lowest BCUT2D eigenvalue weighted by atomic mass is 10.2. The Morgan fingerprint density at radius 1 is 1.21 bits per heavy atom. The zero-order chi connectivity index (χ0) is 19.9. The highest BCUT2D eigenvalue weighted by molar-refractivity contribution is 8.00. The maximum atomic E-state index is 12.9. The Morgan fingerprint density at radius 2 is 1.93 bits per heavy atom. The van der Waals surface area contributed by atoms with Gasteiger partial charge in [0, 0.05) is 51.2 Å². The van der Waals surface area contributed by atoms with E-state index in [4.69, 9.17) is 4.74 Å². The smallest absolute Gasteiger partial charge is 0.235 e. The molecule has 2 aromatic rings. The summed E-state index contributed by atoms with van der Waals surface area (Å²) in [5, 5.41) is 9.24. The maximum absolute atomic E-state index is 12.9. The fraction of sp³-hybridized carbons (Fsp3) is 0.579. The zero-order valence-corrected chi connectivity index (χ0v) is 17.6. The fourth-order valence-electron chi connectivity index (χ4n) is 3.22. The third kappa shape index (κ3) is 4.89. The first kappa shape index (κ1) is 20.8. The summed E-state index contributed by atoms with van der Waals surface area (Å²) in [4.78, 5) is 21.3. The average molecular weight is 405 g/mol. The minimum Gasteiger partial charge on any atom is -0.383 e. The molecule has 9 heteroatoms. The number of pyridine rings is 1. The quantitative estimate of drug-likeness (QED) is 0.619. The van der Waals surface area contributed by atoms with Crippen molar-refractivity contribution in [3.8, 4) is 11.4 Å². The molecule has 0 spiro atoms. The summed E-state index contributed by atoms with van der Waals surface area (Å²) in [5.41, 5.74) is 0.945. The SMILES string of the molecule is CCN1CCN(C(=O)C(C)Sc2nnc(-c3ccncc3)n2CCOC)CC1. The van der Waals surface area contributed by atoms with E-state index >= 15 is 0 Å². The highest BCUT2D eigenvalue weighted by Gasteiger charge is 2.27. The van der Waals surface area contributed by atoms with Gasteiger partial charge in [0.15, 0.2) is 11.0 Å². The van der Waals surface area contributed by atoms with Gasteiger partial charge in [0.05, 0.1) is 18.4 Å². The highest BCUT2D eigenvalue weighted by atomic mass is 32.2. The van der Waals surface area contributed by atoms with Crippen molar-refractivity contribution in [2.75, 3.05) is 46.4 Å². The Labute approximate surface area is 170 Å². The number of amides is 1. The number of likely N-dealkylation sites (N-methyl/N-ethyl adjacent to an activating group) is 1. The molecule has 1 unspecified atom stereocenters. The summed E-state index contributed by atoms with van der Waals surface area (Å²) in [6.07, 6.45) is 3.47. The van der Waals surface area contributed by atoms with Crippen LogP contribution in [0.5, 0.6) is 0 Å². The normalized spacial score (nSPS) is 16.3. The number of ether oxygens (including phenoxy) is 1. The van der Waals surface area contributed by atoms with E-state index in [0.29, 0.717) is 13.2 Å². The number of methoxy groups -OCH3 is 1. The number of nitrogens with zero attached hydrogens (tertiary/aromatic N) is 6. The van der Waals surface area contributed by atoms with Crippen LogP contribution in [0.1, 0.15) is 13.8 Å². The molecule has 1 aliphatic heterocycles. The van der Waals surface area contributed by atoms with Crippen LogP contribution in [0.4, 0.5) is 0 Å². The van der Waals surface area contributed by atoms with Crippen molar-refractivity contribution in [3.63, 3.8) is 0 Å². The van der Waals surface area contributed by atoms with Crippen LogP contribution in [0.25, 0.3) is 11.4 Å². The Bertz CT molecular complexity index is 761. The van der Waals surface area contributed by atoms with Crippen LogP contribution in [-0.4, -0.2) is 87.1 Å². The summed E-state index contributed by atoms with van der Waals surface area (Å²) in [6.45, 7) is 9.76. The van der Waals surface area contributed by atoms with Gasteiger partial charge in [0.25, 0.3) is 0 Å². The van der Waals surface area contributed by atoms with Gasteiger partial charge in [-0.15, -0.1) is 10.2 Å². The molecule has 1 amide bonds. The third-order valence-electron chi connectivity index (χ3n) is 4.94. The number of hydrogen-bond acceptors (Lipinski definition) is 7. The first-order valence-corrected chi connectivity index (χ1v) is 10.5.